The molecule has 0 amide bonds. The smallest absolute Gasteiger partial charge is 0.142 e. The zero-order valence-corrected chi connectivity index (χ0v) is 11.4. The van der Waals surface area contributed by atoms with Crippen molar-refractivity contribution in [1.29, 1.82) is 0 Å². The van der Waals surface area contributed by atoms with Gasteiger partial charge in [-0.15, -0.1) is 0 Å². The van der Waals surface area contributed by atoms with Crippen molar-refractivity contribution >= 4 is 0 Å². The number of rotatable bonds is 5. The Morgan fingerprint density at radius 1 is 1.25 bits per heavy atom. The molecule has 1 aromatic heterocycles. The van der Waals surface area contributed by atoms with Crippen LogP contribution in [0.4, 0.5) is 8.78 Å². The quantitative estimate of drug-likeness (QED) is 0.912. The molecule has 0 aliphatic carbocycles. The highest BCUT2D eigenvalue weighted by Crippen LogP contribution is 2.29. The van der Waals surface area contributed by atoms with E-state index in [9.17, 15) is 8.78 Å². The van der Waals surface area contributed by atoms with Crippen molar-refractivity contribution in [3.05, 3.63) is 59.4 Å². The van der Waals surface area contributed by atoms with Crippen LogP contribution in [-0.4, -0.2) is 18.6 Å². The van der Waals surface area contributed by atoms with Crippen LogP contribution in [0.3, 0.4) is 0 Å². The fourth-order valence-corrected chi connectivity index (χ4v) is 2.15. The third kappa shape index (κ3) is 3.11. The molecule has 1 heterocycles. The molecule has 0 bridgehead atoms. The third-order valence-corrected chi connectivity index (χ3v) is 2.97. The first-order valence-corrected chi connectivity index (χ1v) is 6.33. The predicted molar refractivity (Wildman–Crippen MR) is 72.7 cm³/mol. The second kappa shape index (κ2) is 6.43. The van der Waals surface area contributed by atoms with Crippen LogP contribution in [0.5, 0.6) is 5.75 Å². The van der Waals surface area contributed by atoms with Gasteiger partial charge in [-0.25, -0.2) is 8.78 Å². The van der Waals surface area contributed by atoms with Gasteiger partial charge in [0.1, 0.15) is 17.4 Å². The van der Waals surface area contributed by atoms with E-state index < -0.39 is 11.6 Å². The second-order valence-electron chi connectivity index (χ2n) is 4.31. The Kier molecular flexibility index (Phi) is 4.63. The minimum Gasteiger partial charge on any atom is -0.495 e. The van der Waals surface area contributed by atoms with Crippen LogP contribution in [0.1, 0.15) is 24.1 Å². The molecule has 3 nitrogen and oxygen atoms in total. The van der Waals surface area contributed by atoms with Gasteiger partial charge in [-0.2, -0.15) is 0 Å². The molecule has 1 atom stereocenters. The molecule has 5 heteroatoms. The molecule has 0 saturated carbocycles. The molecule has 2 aromatic rings. The Morgan fingerprint density at radius 3 is 2.55 bits per heavy atom. The highest BCUT2D eigenvalue weighted by molar-refractivity contribution is 5.40. The summed E-state index contributed by atoms with van der Waals surface area (Å²) in [7, 11) is 1.54. The highest BCUT2D eigenvalue weighted by atomic mass is 19.1. The molecule has 1 unspecified atom stereocenters. The number of aromatic nitrogens is 1. The van der Waals surface area contributed by atoms with Crippen molar-refractivity contribution in [2.75, 3.05) is 13.7 Å². The van der Waals surface area contributed by atoms with Crippen LogP contribution in [0.15, 0.2) is 36.7 Å². The summed E-state index contributed by atoms with van der Waals surface area (Å²) in [6.07, 6.45) is 3.20. The maximum Gasteiger partial charge on any atom is 0.142 e. The van der Waals surface area contributed by atoms with Crippen LogP contribution < -0.4 is 10.1 Å². The van der Waals surface area contributed by atoms with Crippen LogP contribution in [0.25, 0.3) is 0 Å². The third-order valence-electron chi connectivity index (χ3n) is 2.97. The molecule has 0 spiro atoms. The minimum absolute atomic E-state index is 0.358. The standard InChI is InChI=1S/C15H16F2N2O/c1-3-19-15(10-6-11(16)8-12(17)7-10)13-4-5-18-9-14(13)20-2/h4-9,15,19H,3H2,1-2H3. The highest BCUT2D eigenvalue weighted by Gasteiger charge is 2.18. The van der Waals surface area contributed by atoms with E-state index in [1.165, 1.54) is 19.2 Å². The lowest BCUT2D eigenvalue weighted by Crippen LogP contribution is -2.23. The summed E-state index contributed by atoms with van der Waals surface area (Å²) in [5, 5.41) is 3.20. The molecule has 106 valence electrons. The maximum absolute atomic E-state index is 13.4. The number of hydrogen-bond donors (Lipinski definition) is 1. The molecule has 0 fully saturated rings. The minimum atomic E-state index is -0.601. The van der Waals surface area contributed by atoms with Crippen LogP contribution in [0, 0.1) is 11.6 Å². The van der Waals surface area contributed by atoms with Crippen LogP contribution in [-0.2, 0) is 0 Å². The second-order valence-corrected chi connectivity index (χ2v) is 4.31. The number of ether oxygens (including phenoxy) is 1. The van der Waals surface area contributed by atoms with E-state index in [0.29, 0.717) is 17.9 Å². The number of benzene rings is 1. The number of halogens is 2. The first-order chi connectivity index (χ1) is 9.65. The SMILES string of the molecule is CCNC(c1cc(F)cc(F)c1)c1ccncc1OC. The van der Waals surface area contributed by atoms with Gasteiger partial charge >= 0.3 is 0 Å². The summed E-state index contributed by atoms with van der Waals surface area (Å²) in [6.45, 7) is 2.57. The van der Waals surface area contributed by atoms with Crippen molar-refractivity contribution in [1.82, 2.24) is 10.3 Å². The molecule has 1 aromatic carbocycles. The van der Waals surface area contributed by atoms with Crippen molar-refractivity contribution in [3.8, 4) is 5.75 Å². The van der Waals surface area contributed by atoms with E-state index in [-0.39, 0.29) is 6.04 Å². The van der Waals surface area contributed by atoms with Gasteiger partial charge in [0.15, 0.2) is 0 Å². The lowest BCUT2D eigenvalue weighted by Gasteiger charge is -2.21. The van der Waals surface area contributed by atoms with Gasteiger partial charge in [-0.1, -0.05) is 6.92 Å². The summed E-state index contributed by atoms with van der Waals surface area (Å²) >= 11 is 0. The fraction of sp³-hybridized carbons (Fsp3) is 0.267. The normalized spacial score (nSPS) is 12.2. The average Bonchev–Trinajstić information content (AvgIpc) is 2.43. The topological polar surface area (TPSA) is 34.2 Å². The fourth-order valence-electron chi connectivity index (χ4n) is 2.15. The van der Waals surface area contributed by atoms with E-state index in [1.807, 2.05) is 6.92 Å². The Labute approximate surface area is 116 Å². The Morgan fingerprint density at radius 2 is 1.95 bits per heavy atom. The average molecular weight is 278 g/mol. The van der Waals surface area contributed by atoms with Crippen LogP contribution >= 0.6 is 0 Å². The molecule has 0 radical (unpaired) electrons. The largest absolute Gasteiger partial charge is 0.495 e. The maximum atomic E-state index is 13.4. The first kappa shape index (κ1) is 14.4. The van der Waals surface area contributed by atoms with Gasteiger partial charge in [-0.05, 0) is 30.3 Å². The van der Waals surface area contributed by atoms with Crippen molar-refractivity contribution in [2.45, 2.75) is 13.0 Å². The lowest BCUT2D eigenvalue weighted by atomic mass is 9.98. The molecule has 0 aliphatic heterocycles. The number of nitrogens with one attached hydrogen (secondary N) is 1. The van der Waals surface area contributed by atoms with E-state index >= 15 is 0 Å². The molecular weight excluding hydrogens is 262 g/mol. The van der Waals surface area contributed by atoms with Crippen molar-refractivity contribution in [2.24, 2.45) is 0 Å². The van der Waals surface area contributed by atoms with E-state index in [1.54, 1.807) is 18.5 Å². The lowest BCUT2D eigenvalue weighted by molar-refractivity contribution is 0.402. The first-order valence-electron chi connectivity index (χ1n) is 6.33. The predicted octanol–water partition coefficient (Wildman–Crippen LogP) is 3.07. The summed E-state index contributed by atoms with van der Waals surface area (Å²) in [4.78, 5) is 3.99. The monoisotopic (exact) mass is 278 g/mol. The molecule has 20 heavy (non-hydrogen) atoms. The Balaban J connectivity index is 2.50. The van der Waals surface area contributed by atoms with Gasteiger partial charge in [0, 0.05) is 17.8 Å². The van der Waals surface area contributed by atoms with Gasteiger partial charge < -0.3 is 10.1 Å². The van der Waals surface area contributed by atoms with E-state index in [0.717, 1.165) is 11.6 Å². The molecule has 0 saturated heterocycles. The van der Waals surface area contributed by atoms with Gasteiger partial charge in [0.2, 0.25) is 0 Å². The zero-order valence-electron chi connectivity index (χ0n) is 11.4. The number of methoxy groups -OCH3 is 1. The molecule has 0 aliphatic rings. The Bertz CT molecular complexity index is 570. The number of nitrogens with zero attached hydrogens (tertiary/aromatic N) is 1. The van der Waals surface area contributed by atoms with Crippen LogP contribution in [0.2, 0.25) is 0 Å². The summed E-state index contributed by atoms with van der Waals surface area (Å²) in [5.41, 5.74) is 1.29. The molecule has 1 N–H and O–H groups in total. The molecular formula is C15H16F2N2O. The van der Waals surface area contributed by atoms with Gasteiger partial charge in [0.25, 0.3) is 0 Å². The summed E-state index contributed by atoms with van der Waals surface area (Å²) in [5.74, 6) is -0.630. The molecule has 2 rings (SSSR count). The zero-order chi connectivity index (χ0) is 14.5. The van der Waals surface area contributed by atoms with Crippen molar-refractivity contribution < 1.29 is 13.5 Å². The summed E-state index contributed by atoms with van der Waals surface area (Å²) < 4.78 is 32.1. The van der Waals surface area contributed by atoms with E-state index in [2.05, 4.69) is 10.3 Å². The summed E-state index contributed by atoms with van der Waals surface area (Å²) in [6, 6.07) is 4.90. The Hall–Kier alpha value is -2.01. The van der Waals surface area contributed by atoms with Gasteiger partial charge in [0.05, 0.1) is 19.3 Å². The number of pyridine rings is 1. The van der Waals surface area contributed by atoms with E-state index in [4.69, 9.17) is 4.74 Å². The van der Waals surface area contributed by atoms with Gasteiger partial charge in [-0.3, -0.25) is 4.98 Å². The van der Waals surface area contributed by atoms with Crippen molar-refractivity contribution in [3.63, 3.8) is 0 Å². The number of hydrogen-bond acceptors (Lipinski definition) is 3.